The lowest BCUT2D eigenvalue weighted by atomic mass is 9.93. The van der Waals surface area contributed by atoms with Gasteiger partial charge < -0.3 is 20.3 Å². The molecule has 1 aromatic rings. The van der Waals surface area contributed by atoms with Gasteiger partial charge in [0.05, 0.1) is 12.6 Å². The molecule has 0 fully saturated rings. The van der Waals surface area contributed by atoms with Crippen LogP contribution < -0.4 is 15.5 Å². The molecule has 1 aromatic carbocycles. The molecule has 29 heavy (non-hydrogen) atoms. The van der Waals surface area contributed by atoms with Gasteiger partial charge >= 0.3 is 6.03 Å². The quantitative estimate of drug-likeness (QED) is 0.798. The second kappa shape index (κ2) is 8.15. The number of benzene rings is 1. The molecule has 2 aliphatic rings. The fourth-order valence-corrected chi connectivity index (χ4v) is 3.80. The highest BCUT2D eigenvalue weighted by molar-refractivity contribution is 5.98. The maximum atomic E-state index is 12.9. The van der Waals surface area contributed by atoms with Crippen molar-refractivity contribution in [3.63, 3.8) is 0 Å². The van der Waals surface area contributed by atoms with Gasteiger partial charge in [-0.3, -0.25) is 4.79 Å². The van der Waals surface area contributed by atoms with E-state index in [0.717, 1.165) is 16.8 Å². The van der Waals surface area contributed by atoms with Crippen molar-refractivity contribution in [1.29, 1.82) is 0 Å². The van der Waals surface area contributed by atoms with Crippen LogP contribution >= 0.6 is 0 Å². The van der Waals surface area contributed by atoms with Crippen molar-refractivity contribution in [2.24, 2.45) is 0 Å². The Hall–Kier alpha value is -3.02. The first kappa shape index (κ1) is 20.7. The van der Waals surface area contributed by atoms with Gasteiger partial charge in [-0.2, -0.15) is 0 Å². The monoisotopic (exact) mass is 395 g/mol. The predicted octanol–water partition coefficient (Wildman–Crippen LogP) is 4.30. The minimum atomic E-state index is -0.319. The number of allylic oxidation sites excluding steroid dienone is 1. The van der Waals surface area contributed by atoms with Gasteiger partial charge in [0.1, 0.15) is 5.76 Å². The number of hydrogen-bond acceptors (Lipinski definition) is 3. The lowest BCUT2D eigenvalue weighted by Gasteiger charge is -2.39. The van der Waals surface area contributed by atoms with E-state index in [1.54, 1.807) is 12.2 Å². The standard InChI is InChI=1S/C23H29N3O3/c1-6-17-19(12-13-29-20(17)7-2)26-18-10-9-16(14-15(18)8-11-21(26)27)24-22(28)25-23(3,4)5/h6-7,9-10,14,19H,1-2,8,11-13H2,3-5H3,(H2,24,25,28). The van der Waals surface area contributed by atoms with Crippen LogP contribution in [0.4, 0.5) is 16.2 Å². The van der Waals surface area contributed by atoms with Gasteiger partial charge in [0.2, 0.25) is 5.91 Å². The molecule has 0 bridgehead atoms. The molecule has 0 saturated carbocycles. The summed E-state index contributed by atoms with van der Waals surface area (Å²) in [6.45, 7) is 14.0. The van der Waals surface area contributed by atoms with Crippen molar-refractivity contribution in [2.75, 3.05) is 16.8 Å². The fraction of sp³-hybridized carbons (Fsp3) is 0.391. The Balaban J connectivity index is 1.90. The minimum absolute atomic E-state index is 0.0818. The molecule has 2 N–H and O–H groups in total. The SMILES string of the molecule is C=CC1=C(C=C)C(N2C(=O)CCc3cc(NC(=O)NC(C)(C)C)ccc32)CCO1. The van der Waals surface area contributed by atoms with Crippen LogP contribution in [0.15, 0.2) is 54.8 Å². The van der Waals surface area contributed by atoms with Crippen molar-refractivity contribution in [3.8, 4) is 0 Å². The van der Waals surface area contributed by atoms with E-state index >= 15 is 0 Å². The van der Waals surface area contributed by atoms with Crippen LogP contribution in [-0.2, 0) is 16.0 Å². The molecule has 3 amide bonds. The van der Waals surface area contributed by atoms with Crippen LogP contribution in [0.3, 0.4) is 0 Å². The third-order valence-corrected chi connectivity index (χ3v) is 4.97. The number of carbonyl (C=O) groups excluding carboxylic acids is 2. The van der Waals surface area contributed by atoms with Crippen LogP contribution in [0.2, 0.25) is 0 Å². The van der Waals surface area contributed by atoms with E-state index in [-0.39, 0.29) is 23.5 Å². The maximum Gasteiger partial charge on any atom is 0.319 e. The van der Waals surface area contributed by atoms with Crippen LogP contribution in [0.5, 0.6) is 0 Å². The minimum Gasteiger partial charge on any atom is -0.493 e. The van der Waals surface area contributed by atoms with Crippen molar-refractivity contribution in [1.82, 2.24) is 5.32 Å². The second-order valence-corrected chi connectivity index (χ2v) is 8.32. The third-order valence-electron chi connectivity index (χ3n) is 4.97. The summed E-state index contributed by atoms with van der Waals surface area (Å²) in [5, 5.41) is 5.76. The largest absolute Gasteiger partial charge is 0.493 e. The zero-order valence-corrected chi connectivity index (χ0v) is 17.4. The molecule has 0 saturated heterocycles. The highest BCUT2D eigenvalue weighted by atomic mass is 16.5. The Labute approximate surface area is 172 Å². The Kier molecular flexibility index (Phi) is 5.82. The molecule has 6 heteroatoms. The van der Waals surface area contributed by atoms with Gasteiger partial charge in [0, 0.05) is 35.3 Å². The summed E-state index contributed by atoms with van der Waals surface area (Å²) in [5.41, 5.74) is 3.17. The molecule has 3 rings (SSSR count). The van der Waals surface area contributed by atoms with Gasteiger partial charge in [-0.1, -0.05) is 19.2 Å². The van der Waals surface area contributed by atoms with Crippen molar-refractivity contribution in [2.45, 2.75) is 51.6 Å². The molecule has 0 radical (unpaired) electrons. The number of fused-ring (bicyclic) bond motifs is 1. The summed E-state index contributed by atoms with van der Waals surface area (Å²) in [5.74, 6) is 0.756. The summed E-state index contributed by atoms with van der Waals surface area (Å²) in [6, 6.07) is 5.30. The van der Waals surface area contributed by atoms with E-state index in [9.17, 15) is 9.59 Å². The predicted molar refractivity (Wildman–Crippen MR) is 116 cm³/mol. The number of nitrogens with one attached hydrogen (secondary N) is 2. The number of anilines is 2. The lowest BCUT2D eigenvalue weighted by molar-refractivity contribution is -0.119. The zero-order chi connectivity index (χ0) is 21.2. The van der Waals surface area contributed by atoms with E-state index in [2.05, 4.69) is 23.8 Å². The molecule has 1 unspecified atom stereocenters. The normalized spacial score (nSPS) is 19.2. The van der Waals surface area contributed by atoms with E-state index < -0.39 is 0 Å². The average Bonchev–Trinajstić information content (AvgIpc) is 2.65. The molecule has 1 atom stereocenters. The molecule has 0 aliphatic carbocycles. The molecular weight excluding hydrogens is 366 g/mol. The zero-order valence-electron chi connectivity index (χ0n) is 17.4. The van der Waals surface area contributed by atoms with Crippen LogP contribution in [0.1, 0.15) is 39.2 Å². The molecule has 2 aliphatic heterocycles. The molecule has 0 spiro atoms. The topological polar surface area (TPSA) is 70.7 Å². The number of amides is 3. The summed E-state index contributed by atoms with van der Waals surface area (Å²) in [4.78, 5) is 26.9. The Morgan fingerprint density at radius 2 is 2.00 bits per heavy atom. The van der Waals surface area contributed by atoms with Crippen molar-refractivity contribution in [3.05, 3.63) is 60.4 Å². The Morgan fingerprint density at radius 3 is 2.66 bits per heavy atom. The third kappa shape index (κ3) is 4.53. The van der Waals surface area contributed by atoms with E-state index in [4.69, 9.17) is 4.74 Å². The van der Waals surface area contributed by atoms with Crippen LogP contribution in [0.25, 0.3) is 0 Å². The highest BCUT2D eigenvalue weighted by Crippen LogP contribution is 2.36. The number of rotatable bonds is 4. The number of carbonyl (C=O) groups is 2. The van der Waals surface area contributed by atoms with Crippen molar-refractivity contribution < 1.29 is 14.3 Å². The van der Waals surface area contributed by atoms with Crippen LogP contribution in [-0.4, -0.2) is 30.1 Å². The summed E-state index contributed by atoms with van der Waals surface area (Å²) in [7, 11) is 0. The fourth-order valence-electron chi connectivity index (χ4n) is 3.80. The van der Waals surface area contributed by atoms with Gasteiger partial charge in [0.25, 0.3) is 0 Å². The number of nitrogens with zero attached hydrogens (tertiary/aromatic N) is 1. The molecule has 0 aromatic heterocycles. The summed E-state index contributed by atoms with van der Waals surface area (Å²) >= 11 is 0. The van der Waals surface area contributed by atoms with Gasteiger partial charge in [0.15, 0.2) is 0 Å². The van der Waals surface area contributed by atoms with Crippen LogP contribution in [0, 0.1) is 0 Å². The first-order valence-corrected chi connectivity index (χ1v) is 9.89. The highest BCUT2D eigenvalue weighted by Gasteiger charge is 2.34. The molecule has 154 valence electrons. The van der Waals surface area contributed by atoms with E-state index in [1.807, 2.05) is 43.9 Å². The Morgan fingerprint density at radius 1 is 1.24 bits per heavy atom. The maximum absolute atomic E-state index is 12.9. The van der Waals surface area contributed by atoms with E-state index in [0.29, 0.717) is 37.3 Å². The molecule has 2 heterocycles. The lowest BCUT2D eigenvalue weighted by Crippen LogP contribution is -2.46. The van der Waals surface area contributed by atoms with Crippen molar-refractivity contribution >= 4 is 23.3 Å². The average molecular weight is 396 g/mol. The second-order valence-electron chi connectivity index (χ2n) is 8.32. The molecular formula is C23H29N3O3. The van der Waals surface area contributed by atoms with Gasteiger partial charge in [-0.05, 0) is 57.0 Å². The van der Waals surface area contributed by atoms with Gasteiger partial charge in [-0.25, -0.2) is 4.79 Å². The summed E-state index contributed by atoms with van der Waals surface area (Å²) < 4.78 is 5.68. The number of urea groups is 1. The first-order valence-electron chi connectivity index (χ1n) is 9.89. The first-order chi connectivity index (χ1) is 13.7. The smallest absolute Gasteiger partial charge is 0.319 e. The number of aryl methyl sites for hydroxylation is 1. The molecule has 6 nitrogen and oxygen atoms in total. The number of ether oxygens (including phenoxy) is 1. The summed E-state index contributed by atoms with van der Waals surface area (Å²) in [6.07, 6.45) is 5.17. The number of hydrogen-bond donors (Lipinski definition) is 2. The Bertz CT molecular complexity index is 880. The van der Waals surface area contributed by atoms with Gasteiger partial charge in [-0.15, -0.1) is 0 Å². The van der Waals surface area contributed by atoms with E-state index in [1.165, 1.54) is 0 Å².